The highest BCUT2D eigenvalue weighted by molar-refractivity contribution is 7.66. The van der Waals surface area contributed by atoms with Gasteiger partial charge in [-0.15, -0.1) is 0 Å². The van der Waals surface area contributed by atoms with Crippen LogP contribution in [0.1, 0.15) is 18.7 Å². The number of anilines is 1. The van der Waals surface area contributed by atoms with Crippen molar-refractivity contribution in [3.8, 4) is 0 Å². The Balaban J connectivity index is 1.81. The zero-order chi connectivity index (χ0) is 33.0. The molecule has 0 bridgehead atoms. The number of phosphoric ester groups is 1. The van der Waals surface area contributed by atoms with Gasteiger partial charge in [0, 0.05) is 18.0 Å². The molecule has 0 radical (unpaired) electrons. The van der Waals surface area contributed by atoms with Crippen molar-refractivity contribution in [3.63, 3.8) is 0 Å². The van der Waals surface area contributed by atoms with Gasteiger partial charge in [0.1, 0.15) is 18.3 Å². The number of phosphoric acid groups is 3. The minimum atomic E-state index is -5.80. The van der Waals surface area contributed by atoms with Gasteiger partial charge in [0.05, 0.1) is 18.8 Å². The van der Waals surface area contributed by atoms with Crippen LogP contribution < -0.4 is 17.0 Å². The maximum absolute atomic E-state index is 13.3. The van der Waals surface area contributed by atoms with Crippen molar-refractivity contribution < 1.29 is 61.4 Å². The molecule has 0 saturated carbocycles. The minimum absolute atomic E-state index is 0.194. The van der Waals surface area contributed by atoms with Crippen LogP contribution in [0.5, 0.6) is 0 Å². The molecule has 1 fully saturated rings. The Morgan fingerprint density at radius 3 is 2.36 bits per heavy atom. The predicted octanol–water partition coefficient (Wildman–Crippen LogP) is 0.243. The van der Waals surface area contributed by atoms with Gasteiger partial charge in [-0.2, -0.15) is 8.62 Å². The third-order valence-electron chi connectivity index (χ3n) is 5.90. The number of aliphatic hydroxyl groups is 2. The van der Waals surface area contributed by atoms with Crippen molar-refractivity contribution in [2.24, 2.45) is 4.99 Å². The van der Waals surface area contributed by atoms with E-state index >= 15 is 0 Å². The molecule has 2 heterocycles. The molecule has 1 aliphatic rings. The van der Waals surface area contributed by atoms with Crippen LogP contribution in [0.15, 0.2) is 69.0 Å². The molecule has 8 N–H and O–H groups in total. The van der Waals surface area contributed by atoms with Gasteiger partial charge < -0.3 is 40.3 Å². The van der Waals surface area contributed by atoms with E-state index in [1.807, 2.05) is 0 Å². The van der Waals surface area contributed by atoms with Gasteiger partial charge in [0.2, 0.25) is 0 Å². The molecule has 0 aliphatic carbocycles. The Kier molecular flexibility index (Phi) is 11.4. The number of nitrogens with two attached hydrogens (primary N) is 1. The van der Waals surface area contributed by atoms with Gasteiger partial charge in [0.15, 0.2) is 6.23 Å². The maximum atomic E-state index is 13.3. The zero-order valence-electron chi connectivity index (χ0n) is 22.7. The Hall–Kier alpha value is -2.86. The molecule has 2 aromatic rings. The molecular formula is C22H29N4O15P3. The van der Waals surface area contributed by atoms with E-state index < -0.39 is 65.9 Å². The molecule has 44 heavy (non-hydrogen) atoms. The van der Waals surface area contributed by atoms with E-state index in [1.165, 1.54) is 0 Å². The van der Waals surface area contributed by atoms with Crippen LogP contribution in [-0.2, 0) is 38.1 Å². The SMILES string of the molecule is C=N/C(=C\C(=C/C)c1cccc(N)c1)Cn1c(=O)ccn([C@@H]2O[C@H](COP(=O)(O)OP(=O)(O)OP(=O)(O)O)C(O)C2O)c1=O. The van der Waals surface area contributed by atoms with E-state index in [0.717, 1.165) is 27.0 Å². The Labute approximate surface area is 248 Å². The van der Waals surface area contributed by atoms with E-state index in [1.54, 1.807) is 43.3 Å². The summed E-state index contributed by atoms with van der Waals surface area (Å²) in [5.74, 6) is 0. The zero-order valence-corrected chi connectivity index (χ0v) is 25.4. The second-order valence-corrected chi connectivity index (χ2v) is 13.4. The third-order valence-corrected chi connectivity index (χ3v) is 9.70. The van der Waals surface area contributed by atoms with Crippen molar-refractivity contribution >= 4 is 41.4 Å². The summed E-state index contributed by atoms with van der Waals surface area (Å²) >= 11 is 0. The van der Waals surface area contributed by atoms with Gasteiger partial charge in [-0.25, -0.2) is 18.5 Å². The number of ether oxygens (including phenoxy) is 1. The quantitative estimate of drug-likeness (QED) is 0.0644. The first-order valence-electron chi connectivity index (χ1n) is 12.2. The number of hydrogen-bond acceptors (Lipinski definition) is 13. The first-order chi connectivity index (χ1) is 20.4. The van der Waals surface area contributed by atoms with Crippen LogP contribution in [0.25, 0.3) is 5.57 Å². The largest absolute Gasteiger partial charge is 0.490 e. The molecule has 1 saturated heterocycles. The summed E-state index contributed by atoms with van der Waals surface area (Å²) in [6.07, 6.45) is -2.76. The van der Waals surface area contributed by atoms with E-state index in [0.29, 0.717) is 11.3 Å². The summed E-state index contributed by atoms with van der Waals surface area (Å²) in [6, 6.07) is 7.90. The minimum Gasteiger partial charge on any atom is -0.399 e. The lowest BCUT2D eigenvalue weighted by molar-refractivity contribution is -0.0547. The van der Waals surface area contributed by atoms with Crippen LogP contribution in [-0.4, -0.2) is 70.6 Å². The highest BCUT2D eigenvalue weighted by atomic mass is 31.3. The summed E-state index contributed by atoms with van der Waals surface area (Å²) < 4.78 is 52.8. The fraction of sp³-hybridized carbons (Fsp3) is 0.318. The Morgan fingerprint density at radius 2 is 1.77 bits per heavy atom. The van der Waals surface area contributed by atoms with Crippen molar-refractivity contribution in [1.29, 1.82) is 0 Å². The number of hydrogen-bond donors (Lipinski definition) is 7. The van der Waals surface area contributed by atoms with Gasteiger partial charge in [-0.1, -0.05) is 18.2 Å². The summed E-state index contributed by atoms with van der Waals surface area (Å²) in [5, 5.41) is 20.9. The summed E-state index contributed by atoms with van der Waals surface area (Å²) in [5.41, 5.74) is 6.16. The fourth-order valence-electron chi connectivity index (χ4n) is 3.97. The molecule has 19 nitrogen and oxygen atoms in total. The second-order valence-electron chi connectivity index (χ2n) is 9.03. The van der Waals surface area contributed by atoms with Gasteiger partial charge in [-0.05, 0) is 43.0 Å². The smallest absolute Gasteiger partial charge is 0.399 e. The van der Waals surface area contributed by atoms with Crippen LogP contribution in [0.4, 0.5) is 5.69 Å². The number of aromatic nitrogens is 2. The Morgan fingerprint density at radius 1 is 1.09 bits per heavy atom. The van der Waals surface area contributed by atoms with E-state index in [9.17, 15) is 43.3 Å². The predicted molar refractivity (Wildman–Crippen MR) is 153 cm³/mol. The molecule has 3 rings (SSSR count). The van der Waals surface area contributed by atoms with Crippen molar-refractivity contribution in [3.05, 3.63) is 80.8 Å². The standard InChI is InChI=1S/C22H29N4O15P3/c1-3-13(14-5-4-6-15(23)9-14)10-16(24-2)11-26-18(27)7-8-25(22(26)30)21-20(29)19(28)17(39-21)12-38-43(34,35)41-44(36,37)40-42(31,32)33/h3-10,17,19-21,28-29H,2,11-12,23H2,1H3,(H,34,35)(H,36,37)(H2,31,32,33)/b13-3+,16-10-/t17-,19?,20?,21-/m1/s1. The lowest BCUT2D eigenvalue weighted by Crippen LogP contribution is -2.43. The van der Waals surface area contributed by atoms with Gasteiger partial charge >= 0.3 is 29.2 Å². The molecule has 0 spiro atoms. The number of aliphatic imine (C=N–C) groups is 1. The third kappa shape index (κ3) is 9.32. The molecule has 22 heteroatoms. The molecule has 1 aliphatic heterocycles. The van der Waals surface area contributed by atoms with E-state index in [-0.39, 0.29) is 12.2 Å². The highest BCUT2D eigenvalue weighted by Crippen LogP contribution is 2.66. The summed E-state index contributed by atoms with van der Waals surface area (Å²) in [4.78, 5) is 65.9. The molecule has 4 unspecified atom stereocenters. The number of allylic oxidation sites excluding steroid dienone is 4. The topological polar surface area (TPSA) is 292 Å². The number of aliphatic hydroxyl groups excluding tert-OH is 2. The number of nitrogen functional groups attached to an aromatic ring is 1. The summed E-state index contributed by atoms with van der Waals surface area (Å²) in [7, 11) is -17.0. The lowest BCUT2D eigenvalue weighted by Gasteiger charge is -2.19. The first-order valence-corrected chi connectivity index (χ1v) is 16.7. The van der Waals surface area contributed by atoms with Crippen molar-refractivity contribution in [1.82, 2.24) is 9.13 Å². The van der Waals surface area contributed by atoms with E-state index in [4.69, 9.17) is 20.3 Å². The van der Waals surface area contributed by atoms with Crippen LogP contribution in [0.3, 0.4) is 0 Å². The van der Waals surface area contributed by atoms with E-state index in [2.05, 4.69) is 24.9 Å². The monoisotopic (exact) mass is 682 g/mol. The average molecular weight is 682 g/mol. The van der Waals surface area contributed by atoms with Crippen LogP contribution in [0.2, 0.25) is 0 Å². The van der Waals surface area contributed by atoms with Crippen molar-refractivity contribution in [2.75, 3.05) is 12.3 Å². The number of benzene rings is 1. The molecule has 0 amide bonds. The van der Waals surface area contributed by atoms with Crippen LogP contribution in [0, 0.1) is 0 Å². The lowest BCUT2D eigenvalue weighted by atomic mass is 10.0. The first kappa shape index (κ1) is 35.6. The number of rotatable bonds is 13. The highest BCUT2D eigenvalue weighted by Gasteiger charge is 2.47. The molecular weight excluding hydrogens is 653 g/mol. The maximum Gasteiger partial charge on any atom is 0.490 e. The molecule has 242 valence electrons. The Bertz CT molecular complexity index is 1710. The summed E-state index contributed by atoms with van der Waals surface area (Å²) in [6.45, 7) is 3.77. The normalized spacial score (nSPS) is 24.1. The van der Waals surface area contributed by atoms with Crippen molar-refractivity contribution in [2.45, 2.75) is 38.0 Å². The molecule has 1 aromatic carbocycles. The molecule has 6 atom stereocenters. The van der Waals surface area contributed by atoms with Crippen LogP contribution >= 0.6 is 23.5 Å². The van der Waals surface area contributed by atoms with Gasteiger partial charge in [-0.3, -0.25) is 23.4 Å². The molecule has 1 aromatic heterocycles. The average Bonchev–Trinajstić information content (AvgIpc) is 3.18. The fourth-order valence-corrected chi connectivity index (χ4v) is 7.00. The van der Waals surface area contributed by atoms with Gasteiger partial charge in [0.25, 0.3) is 5.56 Å². The second kappa shape index (κ2) is 14.1. The number of nitrogens with zero attached hydrogens (tertiary/aromatic N) is 3.